The lowest BCUT2D eigenvalue weighted by Crippen LogP contribution is -2.11. The summed E-state index contributed by atoms with van der Waals surface area (Å²) in [4.78, 5) is 22.3. The molecule has 1 aromatic carbocycles. The lowest BCUT2D eigenvalue weighted by atomic mass is 10.2. The molecular weight excluding hydrogens is 208 g/mol. The normalized spacial score (nSPS) is 10.0. The van der Waals surface area contributed by atoms with Gasteiger partial charge in [0, 0.05) is 6.92 Å². The van der Waals surface area contributed by atoms with Gasteiger partial charge in [-0.15, -0.1) is 0 Å². The Morgan fingerprint density at radius 2 is 1.94 bits per heavy atom. The summed E-state index contributed by atoms with van der Waals surface area (Å²) in [6.07, 6.45) is -0.176. The van der Waals surface area contributed by atoms with Crippen molar-refractivity contribution in [3.8, 4) is 5.75 Å². The second kappa shape index (κ2) is 5.30. The molecule has 0 spiro atoms. The topological polar surface area (TPSA) is 52.6 Å². The van der Waals surface area contributed by atoms with Gasteiger partial charge in [-0.3, -0.25) is 4.79 Å². The van der Waals surface area contributed by atoms with E-state index in [0.29, 0.717) is 11.3 Å². The summed E-state index contributed by atoms with van der Waals surface area (Å²) in [5, 5.41) is 0. The van der Waals surface area contributed by atoms with Gasteiger partial charge in [0.05, 0.1) is 11.7 Å². The first-order chi connectivity index (χ1) is 7.49. The highest BCUT2D eigenvalue weighted by Gasteiger charge is 2.10. The highest BCUT2D eigenvalue weighted by atomic mass is 16.5. The molecule has 0 aliphatic carbocycles. The number of hydrogen-bond donors (Lipinski definition) is 0. The van der Waals surface area contributed by atoms with Gasteiger partial charge < -0.3 is 9.47 Å². The highest BCUT2D eigenvalue weighted by molar-refractivity contribution is 5.90. The molecule has 0 aliphatic heterocycles. The minimum atomic E-state index is -0.427. The highest BCUT2D eigenvalue weighted by Crippen LogP contribution is 2.14. The van der Waals surface area contributed by atoms with Crippen LogP contribution in [0.3, 0.4) is 0 Å². The monoisotopic (exact) mass is 222 g/mol. The third-order valence-electron chi connectivity index (χ3n) is 1.67. The summed E-state index contributed by atoms with van der Waals surface area (Å²) in [6.45, 7) is 4.85. The van der Waals surface area contributed by atoms with Crippen molar-refractivity contribution in [3.05, 3.63) is 29.8 Å². The Balaban J connectivity index is 2.81. The van der Waals surface area contributed by atoms with Crippen molar-refractivity contribution in [2.24, 2.45) is 0 Å². The van der Waals surface area contributed by atoms with Gasteiger partial charge in [-0.2, -0.15) is 0 Å². The third kappa shape index (κ3) is 3.73. The quantitative estimate of drug-likeness (QED) is 0.581. The van der Waals surface area contributed by atoms with E-state index < -0.39 is 11.9 Å². The van der Waals surface area contributed by atoms with Crippen LogP contribution in [0.15, 0.2) is 24.3 Å². The molecule has 0 unspecified atom stereocenters. The number of hydrogen-bond acceptors (Lipinski definition) is 4. The molecule has 0 atom stereocenters. The van der Waals surface area contributed by atoms with Crippen LogP contribution in [0.1, 0.15) is 31.1 Å². The second-order valence-electron chi connectivity index (χ2n) is 3.58. The molecule has 0 bridgehead atoms. The van der Waals surface area contributed by atoms with E-state index in [0.717, 1.165) is 0 Å². The molecule has 0 fully saturated rings. The predicted molar refractivity (Wildman–Crippen MR) is 58.3 cm³/mol. The standard InChI is InChI=1S/C12H14O4/c1-8(2)15-12(14)10-5-4-6-11(7-10)16-9(3)13/h4-8H,1-3H3. The fraction of sp³-hybridized carbons (Fsp3) is 0.333. The largest absolute Gasteiger partial charge is 0.459 e. The number of benzene rings is 1. The van der Waals surface area contributed by atoms with Crippen LogP contribution in [0.2, 0.25) is 0 Å². The maximum absolute atomic E-state index is 11.5. The summed E-state index contributed by atoms with van der Waals surface area (Å²) in [5.41, 5.74) is 0.368. The smallest absolute Gasteiger partial charge is 0.338 e. The van der Waals surface area contributed by atoms with Gasteiger partial charge in [0.2, 0.25) is 0 Å². The van der Waals surface area contributed by atoms with Crippen molar-refractivity contribution in [3.63, 3.8) is 0 Å². The fourth-order valence-electron chi connectivity index (χ4n) is 1.13. The minimum absolute atomic E-state index is 0.176. The first kappa shape index (κ1) is 12.2. The zero-order valence-corrected chi connectivity index (χ0v) is 9.52. The zero-order chi connectivity index (χ0) is 12.1. The first-order valence-electron chi connectivity index (χ1n) is 4.98. The first-order valence-corrected chi connectivity index (χ1v) is 4.98. The van der Waals surface area contributed by atoms with Crippen LogP contribution in [0.5, 0.6) is 5.75 Å². The van der Waals surface area contributed by atoms with Crippen LogP contribution in [-0.4, -0.2) is 18.0 Å². The molecule has 0 amide bonds. The van der Waals surface area contributed by atoms with Crippen molar-refractivity contribution in [1.82, 2.24) is 0 Å². The second-order valence-corrected chi connectivity index (χ2v) is 3.58. The molecule has 1 rings (SSSR count). The van der Waals surface area contributed by atoms with Crippen molar-refractivity contribution in [2.45, 2.75) is 26.9 Å². The van der Waals surface area contributed by atoms with Gasteiger partial charge in [-0.25, -0.2) is 4.79 Å². The van der Waals surface area contributed by atoms with Crippen molar-refractivity contribution in [1.29, 1.82) is 0 Å². The molecule has 4 nitrogen and oxygen atoms in total. The Bertz CT molecular complexity index is 396. The molecule has 0 radical (unpaired) electrons. The lowest BCUT2D eigenvalue weighted by molar-refractivity contribution is -0.131. The molecule has 0 aliphatic rings. The number of esters is 2. The summed E-state index contributed by atoms with van der Waals surface area (Å²) in [5.74, 6) is -0.510. The van der Waals surface area contributed by atoms with Gasteiger partial charge in [0.1, 0.15) is 5.75 Å². The molecular formula is C12H14O4. The van der Waals surface area contributed by atoms with Crippen LogP contribution in [0, 0.1) is 0 Å². The molecule has 0 N–H and O–H groups in total. The van der Waals surface area contributed by atoms with Crippen molar-refractivity contribution >= 4 is 11.9 Å². The van der Waals surface area contributed by atoms with Crippen LogP contribution in [-0.2, 0) is 9.53 Å². The third-order valence-corrected chi connectivity index (χ3v) is 1.67. The fourth-order valence-corrected chi connectivity index (χ4v) is 1.13. The molecule has 1 aromatic rings. The average molecular weight is 222 g/mol. The Labute approximate surface area is 94.2 Å². The van der Waals surface area contributed by atoms with E-state index in [1.807, 2.05) is 0 Å². The van der Waals surface area contributed by atoms with E-state index >= 15 is 0 Å². The molecule has 0 heterocycles. The van der Waals surface area contributed by atoms with Crippen LogP contribution >= 0.6 is 0 Å². The predicted octanol–water partition coefficient (Wildman–Crippen LogP) is 2.18. The lowest BCUT2D eigenvalue weighted by Gasteiger charge is -2.08. The zero-order valence-electron chi connectivity index (χ0n) is 9.52. The van der Waals surface area contributed by atoms with Crippen molar-refractivity contribution in [2.75, 3.05) is 0 Å². The van der Waals surface area contributed by atoms with E-state index in [4.69, 9.17) is 9.47 Å². The summed E-state index contributed by atoms with van der Waals surface area (Å²) < 4.78 is 9.88. The number of rotatable bonds is 3. The Kier molecular flexibility index (Phi) is 4.05. The summed E-state index contributed by atoms with van der Waals surface area (Å²) in [6, 6.07) is 6.33. The average Bonchev–Trinajstić information content (AvgIpc) is 2.16. The Morgan fingerprint density at radius 1 is 1.25 bits per heavy atom. The van der Waals surface area contributed by atoms with E-state index in [-0.39, 0.29) is 6.10 Å². The van der Waals surface area contributed by atoms with E-state index in [1.165, 1.54) is 13.0 Å². The number of carbonyl (C=O) groups is 2. The van der Waals surface area contributed by atoms with Crippen molar-refractivity contribution < 1.29 is 19.1 Å². The van der Waals surface area contributed by atoms with Gasteiger partial charge in [-0.1, -0.05) is 6.07 Å². The molecule has 86 valence electrons. The Morgan fingerprint density at radius 3 is 2.50 bits per heavy atom. The van der Waals surface area contributed by atoms with E-state index in [1.54, 1.807) is 32.0 Å². The van der Waals surface area contributed by atoms with Crippen LogP contribution in [0.4, 0.5) is 0 Å². The summed E-state index contributed by atoms with van der Waals surface area (Å²) in [7, 11) is 0. The van der Waals surface area contributed by atoms with Gasteiger partial charge >= 0.3 is 11.9 Å². The van der Waals surface area contributed by atoms with Crippen LogP contribution < -0.4 is 4.74 Å². The molecule has 0 aromatic heterocycles. The van der Waals surface area contributed by atoms with Gasteiger partial charge in [0.15, 0.2) is 0 Å². The maximum Gasteiger partial charge on any atom is 0.338 e. The van der Waals surface area contributed by atoms with Gasteiger partial charge in [0.25, 0.3) is 0 Å². The molecule has 16 heavy (non-hydrogen) atoms. The SMILES string of the molecule is CC(=O)Oc1cccc(C(=O)OC(C)C)c1. The summed E-state index contributed by atoms with van der Waals surface area (Å²) >= 11 is 0. The van der Waals surface area contributed by atoms with Gasteiger partial charge in [-0.05, 0) is 32.0 Å². The number of ether oxygens (including phenoxy) is 2. The molecule has 0 saturated carbocycles. The van der Waals surface area contributed by atoms with E-state index in [2.05, 4.69) is 0 Å². The minimum Gasteiger partial charge on any atom is -0.459 e. The Hall–Kier alpha value is -1.84. The molecule has 0 saturated heterocycles. The van der Waals surface area contributed by atoms with E-state index in [9.17, 15) is 9.59 Å². The number of carbonyl (C=O) groups excluding carboxylic acids is 2. The molecule has 4 heteroatoms. The van der Waals surface area contributed by atoms with Crippen LogP contribution in [0.25, 0.3) is 0 Å². The maximum atomic E-state index is 11.5.